The zero-order valence-electron chi connectivity index (χ0n) is 10.8. The quantitative estimate of drug-likeness (QED) is 0.650. The van der Waals surface area contributed by atoms with Gasteiger partial charge in [0.1, 0.15) is 0 Å². The Hall–Kier alpha value is -0.120. The Morgan fingerprint density at radius 1 is 1.31 bits per heavy atom. The van der Waals surface area contributed by atoms with Gasteiger partial charge in [-0.1, -0.05) is 20.3 Å². The maximum absolute atomic E-state index is 5.94. The third-order valence-corrected chi connectivity index (χ3v) is 3.46. The average molecular weight is 229 g/mol. The van der Waals surface area contributed by atoms with Gasteiger partial charge in [-0.3, -0.25) is 0 Å². The molecular formula is C13H27NO2. The van der Waals surface area contributed by atoms with Crippen molar-refractivity contribution in [3.05, 3.63) is 0 Å². The minimum Gasteiger partial charge on any atom is -0.379 e. The van der Waals surface area contributed by atoms with Gasteiger partial charge >= 0.3 is 0 Å². The molecule has 16 heavy (non-hydrogen) atoms. The van der Waals surface area contributed by atoms with E-state index in [1.807, 2.05) is 0 Å². The maximum Gasteiger partial charge on any atom is 0.0807 e. The van der Waals surface area contributed by atoms with Gasteiger partial charge in [-0.25, -0.2) is 0 Å². The Kier molecular flexibility index (Phi) is 6.32. The lowest BCUT2D eigenvalue weighted by molar-refractivity contribution is -0.0601. The number of nitrogens with two attached hydrogens (primary N) is 1. The SMILES string of the molecule is CCCCOCCOC1(CN)CCC(C)C1. The van der Waals surface area contributed by atoms with Crippen LogP contribution in [0.1, 0.15) is 46.0 Å². The summed E-state index contributed by atoms with van der Waals surface area (Å²) in [6.45, 7) is 7.34. The first-order valence-corrected chi connectivity index (χ1v) is 6.64. The lowest BCUT2D eigenvalue weighted by atomic mass is 10.0. The number of ether oxygens (including phenoxy) is 2. The van der Waals surface area contributed by atoms with Crippen LogP contribution in [0.3, 0.4) is 0 Å². The van der Waals surface area contributed by atoms with E-state index in [2.05, 4.69) is 13.8 Å². The van der Waals surface area contributed by atoms with E-state index in [4.69, 9.17) is 15.2 Å². The van der Waals surface area contributed by atoms with Crippen LogP contribution in [0.15, 0.2) is 0 Å². The molecule has 0 radical (unpaired) electrons. The summed E-state index contributed by atoms with van der Waals surface area (Å²) in [5, 5.41) is 0. The van der Waals surface area contributed by atoms with Crippen molar-refractivity contribution in [2.24, 2.45) is 11.7 Å². The van der Waals surface area contributed by atoms with Gasteiger partial charge in [0.05, 0.1) is 18.8 Å². The Morgan fingerprint density at radius 3 is 2.69 bits per heavy atom. The fraction of sp³-hybridized carbons (Fsp3) is 1.00. The van der Waals surface area contributed by atoms with Gasteiger partial charge in [0.25, 0.3) is 0 Å². The van der Waals surface area contributed by atoms with Gasteiger partial charge < -0.3 is 15.2 Å². The average Bonchev–Trinajstić information content (AvgIpc) is 2.66. The van der Waals surface area contributed by atoms with E-state index < -0.39 is 0 Å². The molecule has 1 fully saturated rings. The molecule has 1 aliphatic carbocycles. The van der Waals surface area contributed by atoms with E-state index in [0.717, 1.165) is 31.8 Å². The van der Waals surface area contributed by atoms with Crippen LogP contribution in [0.25, 0.3) is 0 Å². The molecule has 2 N–H and O–H groups in total. The summed E-state index contributed by atoms with van der Waals surface area (Å²) in [5.74, 6) is 0.754. The van der Waals surface area contributed by atoms with Crippen LogP contribution in [0.5, 0.6) is 0 Å². The van der Waals surface area contributed by atoms with Crippen molar-refractivity contribution in [1.82, 2.24) is 0 Å². The molecule has 0 aromatic rings. The van der Waals surface area contributed by atoms with Crippen molar-refractivity contribution in [3.63, 3.8) is 0 Å². The molecule has 3 heteroatoms. The van der Waals surface area contributed by atoms with Gasteiger partial charge in [-0.05, 0) is 31.6 Å². The van der Waals surface area contributed by atoms with E-state index >= 15 is 0 Å². The topological polar surface area (TPSA) is 44.5 Å². The number of unbranched alkanes of at least 4 members (excludes halogenated alkanes) is 1. The maximum atomic E-state index is 5.94. The van der Waals surface area contributed by atoms with Gasteiger partial charge in [-0.2, -0.15) is 0 Å². The lowest BCUT2D eigenvalue weighted by Gasteiger charge is -2.28. The van der Waals surface area contributed by atoms with Crippen LogP contribution in [-0.2, 0) is 9.47 Å². The molecule has 0 aromatic carbocycles. The summed E-state index contributed by atoms with van der Waals surface area (Å²) in [6.07, 6.45) is 5.79. The molecule has 0 heterocycles. The Bertz CT molecular complexity index is 187. The van der Waals surface area contributed by atoms with Crippen LogP contribution in [0.4, 0.5) is 0 Å². The van der Waals surface area contributed by atoms with E-state index in [0.29, 0.717) is 19.8 Å². The van der Waals surface area contributed by atoms with E-state index in [1.165, 1.54) is 12.8 Å². The molecular weight excluding hydrogens is 202 g/mol. The second-order valence-corrected chi connectivity index (χ2v) is 5.05. The first kappa shape index (κ1) is 13.9. The zero-order valence-corrected chi connectivity index (χ0v) is 10.8. The molecule has 0 aliphatic heterocycles. The lowest BCUT2D eigenvalue weighted by Crippen LogP contribution is -2.39. The van der Waals surface area contributed by atoms with E-state index in [1.54, 1.807) is 0 Å². The van der Waals surface area contributed by atoms with E-state index in [-0.39, 0.29) is 5.60 Å². The number of hydrogen-bond donors (Lipinski definition) is 1. The predicted octanol–water partition coefficient (Wildman–Crippen LogP) is 2.34. The molecule has 1 saturated carbocycles. The minimum atomic E-state index is -0.0481. The fourth-order valence-corrected chi connectivity index (χ4v) is 2.39. The zero-order chi connectivity index (χ0) is 11.9. The smallest absolute Gasteiger partial charge is 0.0807 e. The highest BCUT2D eigenvalue weighted by atomic mass is 16.5. The standard InChI is InChI=1S/C13H27NO2/c1-3-4-7-15-8-9-16-13(11-14)6-5-12(2)10-13/h12H,3-11,14H2,1-2H3. The predicted molar refractivity (Wildman–Crippen MR) is 66.5 cm³/mol. The Labute approximate surface area is 99.7 Å². The summed E-state index contributed by atoms with van der Waals surface area (Å²) in [7, 11) is 0. The Morgan fingerprint density at radius 2 is 2.12 bits per heavy atom. The third kappa shape index (κ3) is 4.40. The van der Waals surface area contributed by atoms with Gasteiger partial charge in [0.15, 0.2) is 0 Å². The van der Waals surface area contributed by atoms with Crippen LogP contribution in [0, 0.1) is 5.92 Å². The van der Waals surface area contributed by atoms with Crippen LogP contribution >= 0.6 is 0 Å². The largest absolute Gasteiger partial charge is 0.379 e. The Balaban J connectivity index is 2.10. The summed E-state index contributed by atoms with van der Waals surface area (Å²) in [4.78, 5) is 0. The molecule has 0 bridgehead atoms. The summed E-state index contributed by atoms with van der Waals surface area (Å²) >= 11 is 0. The molecule has 0 amide bonds. The van der Waals surface area contributed by atoms with Gasteiger partial charge in [0, 0.05) is 13.2 Å². The second kappa shape index (κ2) is 7.25. The molecule has 0 aromatic heterocycles. The molecule has 0 spiro atoms. The van der Waals surface area contributed by atoms with Crippen molar-refractivity contribution in [1.29, 1.82) is 0 Å². The summed E-state index contributed by atoms with van der Waals surface area (Å²) in [5.41, 5.74) is 5.78. The molecule has 2 unspecified atom stereocenters. The normalized spacial score (nSPS) is 29.8. The van der Waals surface area contributed by atoms with Crippen LogP contribution in [-0.4, -0.2) is 32.0 Å². The monoisotopic (exact) mass is 229 g/mol. The molecule has 1 aliphatic rings. The summed E-state index contributed by atoms with van der Waals surface area (Å²) < 4.78 is 11.4. The fourth-order valence-electron chi connectivity index (χ4n) is 2.39. The van der Waals surface area contributed by atoms with Crippen LogP contribution in [0.2, 0.25) is 0 Å². The highest BCUT2D eigenvalue weighted by Gasteiger charge is 2.36. The van der Waals surface area contributed by atoms with Crippen molar-refractivity contribution >= 4 is 0 Å². The van der Waals surface area contributed by atoms with Gasteiger partial charge in [-0.15, -0.1) is 0 Å². The number of hydrogen-bond acceptors (Lipinski definition) is 3. The first-order valence-electron chi connectivity index (χ1n) is 6.64. The second-order valence-electron chi connectivity index (χ2n) is 5.05. The summed E-state index contributed by atoms with van der Waals surface area (Å²) in [6, 6.07) is 0. The molecule has 0 saturated heterocycles. The van der Waals surface area contributed by atoms with Crippen molar-refractivity contribution in [3.8, 4) is 0 Å². The van der Waals surface area contributed by atoms with Crippen molar-refractivity contribution in [2.75, 3.05) is 26.4 Å². The molecule has 2 atom stereocenters. The minimum absolute atomic E-state index is 0.0481. The first-order chi connectivity index (χ1) is 7.72. The van der Waals surface area contributed by atoms with Crippen molar-refractivity contribution < 1.29 is 9.47 Å². The highest BCUT2D eigenvalue weighted by molar-refractivity contribution is 4.90. The number of rotatable bonds is 8. The molecule has 1 rings (SSSR count). The molecule has 96 valence electrons. The van der Waals surface area contributed by atoms with Crippen molar-refractivity contribution in [2.45, 2.75) is 51.6 Å². The van der Waals surface area contributed by atoms with Gasteiger partial charge in [0.2, 0.25) is 0 Å². The highest BCUT2D eigenvalue weighted by Crippen LogP contribution is 2.36. The van der Waals surface area contributed by atoms with E-state index in [9.17, 15) is 0 Å². The molecule has 3 nitrogen and oxygen atoms in total. The third-order valence-electron chi connectivity index (χ3n) is 3.46. The van der Waals surface area contributed by atoms with Crippen LogP contribution < -0.4 is 5.73 Å².